The number of nitrogens with zero attached hydrogens (tertiary/aromatic N) is 2. The number of aryl methyl sites for hydroxylation is 2. The third kappa shape index (κ3) is 1.49. The first-order chi connectivity index (χ1) is 7.77. The van der Waals surface area contributed by atoms with Crippen LogP contribution in [-0.2, 0) is 19.9 Å². The molecular formula is C13H15BrN2. The Kier molecular flexibility index (Phi) is 2.51. The summed E-state index contributed by atoms with van der Waals surface area (Å²) in [7, 11) is 2.14. The number of aromatic nitrogens is 2. The average Bonchev–Trinajstić information content (AvgIpc) is 2.47. The lowest BCUT2D eigenvalue weighted by molar-refractivity contribution is 0.697. The highest BCUT2D eigenvalue weighted by Gasteiger charge is 2.17. The zero-order valence-electron chi connectivity index (χ0n) is 9.46. The summed E-state index contributed by atoms with van der Waals surface area (Å²) in [6, 6.07) is 4.25. The Morgan fingerprint density at radius 3 is 2.88 bits per heavy atom. The van der Waals surface area contributed by atoms with E-state index in [2.05, 4.69) is 38.6 Å². The molecule has 0 aliphatic heterocycles. The normalized spacial score (nSPS) is 16.1. The summed E-state index contributed by atoms with van der Waals surface area (Å²) >= 11 is 3.45. The van der Waals surface area contributed by atoms with E-state index in [9.17, 15) is 0 Å². The number of rotatable bonds is 0. The molecule has 0 amide bonds. The quantitative estimate of drug-likeness (QED) is 0.532. The van der Waals surface area contributed by atoms with Crippen LogP contribution < -0.4 is 0 Å². The Morgan fingerprint density at radius 2 is 2.00 bits per heavy atom. The molecule has 1 aliphatic rings. The molecule has 84 valence electrons. The number of pyridine rings is 1. The molecule has 1 aliphatic carbocycles. The second kappa shape index (κ2) is 3.88. The van der Waals surface area contributed by atoms with Crippen molar-refractivity contribution < 1.29 is 0 Å². The van der Waals surface area contributed by atoms with Gasteiger partial charge in [0.1, 0.15) is 10.3 Å². The van der Waals surface area contributed by atoms with Gasteiger partial charge in [-0.05, 0) is 59.3 Å². The number of fused-ring (bicyclic) bond motifs is 3. The van der Waals surface area contributed by atoms with Crippen LogP contribution in [0.4, 0.5) is 0 Å². The second-order valence-electron chi connectivity index (χ2n) is 4.55. The van der Waals surface area contributed by atoms with Crippen molar-refractivity contribution in [2.45, 2.75) is 32.1 Å². The van der Waals surface area contributed by atoms with E-state index in [1.165, 1.54) is 48.7 Å². The summed E-state index contributed by atoms with van der Waals surface area (Å²) in [6.07, 6.45) is 6.43. The molecule has 3 heteroatoms. The summed E-state index contributed by atoms with van der Waals surface area (Å²) in [6.45, 7) is 0. The molecular weight excluding hydrogens is 264 g/mol. The molecule has 0 fully saturated rings. The lowest BCUT2D eigenvalue weighted by Gasteiger charge is -2.02. The summed E-state index contributed by atoms with van der Waals surface area (Å²) in [5.41, 5.74) is 4.16. The van der Waals surface area contributed by atoms with E-state index in [1.807, 2.05) is 6.07 Å². The van der Waals surface area contributed by atoms with Crippen molar-refractivity contribution in [3.63, 3.8) is 0 Å². The summed E-state index contributed by atoms with van der Waals surface area (Å²) < 4.78 is 3.21. The van der Waals surface area contributed by atoms with Crippen LogP contribution in [0.2, 0.25) is 0 Å². The lowest BCUT2D eigenvalue weighted by Crippen LogP contribution is -1.97. The van der Waals surface area contributed by atoms with E-state index in [0.29, 0.717) is 0 Å². The Balaban J connectivity index is 2.31. The van der Waals surface area contributed by atoms with Gasteiger partial charge in [-0.3, -0.25) is 0 Å². The Labute approximate surface area is 104 Å². The minimum atomic E-state index is 0.927. The van der Waals surface area contributed by atoms with Crippen molar-refractivity contribution >= 4 is 27.0 Å². The standard InChI is InChI=1S/C13H15BrN2/c1-16-11-6-4-2-3-5-9(11)10-7-8-12(14)15-13(10)16/h7-8H,2-6H2,1H3. The molecule has 2 heterocycles. The molecule has 0 N–H and O–H groups in total. The Bertz CT molecular complexity index is 542. The number of hydrogen-bond acceptors (Lipinski definition) is 1. The van der Waals surface area contributed by atoms with Crippen LogP contribution in [0.3, 0.4) is 0 Å². The molecule has 0 radical (unpaired) electrons. The van der Waals surface area contributed by atoms with Crippen molar-refractivity contribution in [1.82, 2.24) is 9.55 Å². The van der Waals surface area contributed by atoms with Crippen LogP contribution >= 0.6 is 15.9 Å². The minimum Gasteiger partial charge on any atom is -0.332 e. The zero-order valence-corrected chi connectivity index (χ0v) is 11.0. The molecule has 0 unspecified atom stereocenters. The van der Waals surface area contributed by atoms with Crippen molar-refractivity contribution in [1.29, 1.82) is 0 Å². The summed E-state index contributed by atoms with van der Waals surface area (Å²) in [5.74, 6) is 0. The highest BCUT2D eigenvalue weighted by atomic mass is 79.9. The second-order valence-corrected chi connectivity index (χ2v) is 5.36. The highest BCUT2D eigenvalue weighted by molar-refractivity contribution is 9.10. The fourth-order valence-corrected chi connectivity index (χ4v) is 3.07. The van der Waals surface area contributed by atoms with Gasteiger partial charge in [0.15, 0.2) is 0 Å². The number of halogens is 1. The topological polar surface area (TPSA) is 17.8 Å². The maximum absolute atomic E-state index is 4.59. The molecule has 0 aromatic carbocycles. The smallest absolute Gasteiger partial charge is 0.141 e. The van der Waals surface area contributed by atoms with Gasteiger partial charge >= 0.3 is 0 Å². The van der Waals surface area contributed by atoms with Crippen molar-refractivity contribution in [2.24, 2.45) is 7.05 Å². The molecule has 2 nitrogen and oxygen atoms in total. The maximum Gasteiger partial charge on any atom is 0.141 e. The largest absolute Gasteiger partial charge is 0.332 e. The fourth-order valence-electron chi connectivity index (χ4n) is 2.77. The predicted molar refractivity (Wildman–Crippen MR) is 69.7 cm³/mol. The van der Waals surface area contributed by atoms with Gasteiger partial charge in [0.2, 0.25) is 0 Å². The Hall–Kier alpha value is -0.830. The average molecular weight is 279 g/mol. The molecule has 0 saturated carbocycles. The molecule has 2 aromatic rings. The lowest BCUT2D eigenvalue weighted by atomic mass is 10.1. The first-order valence-electron chi connectivity index (χ1n) is 5.90. The molecule has 0 spiro atoms. The third-order valence-electron chi connectivity index (χ3n) is 3.58. The van der Waals surface area contributed by atoms with Gasteiger partial charge in [0, 0.05) is 18.1 Å². The van der Waals surface area contributed by atoms with Crippen LogP contribution in [0.5, 0.6) is 0 Å². The van der Waals surface area contributed by atoms with Gasteiger partial charge in [-0.1, -0.05) is 6.42 Å². The molecule has 16 heavy (non-hydrogen) atoms. The van der Waals surface area contributed by atoms with Gasteiger partial charge in [-0.15, -0.1) is 0 Å². The van der Waals surface area contributed by atoms with Gasteiger partial charge in [0.05, 0.1) is 0 Å². The van der Waals surface area contributed by atoms with Gasteiger partial charge in [-0.25, -0.2) is 4.98 Å². The van der Waals surface area contributed by atoms with E-state index in [0.717, 1.165) is 10.3 Å². The van der Waals surface area contributed by atoms with Gasteiger partial charge in [-0.2, -0.15) is 0 Å². The number of hydrogen-bond donors (Lipinski definition) is 0. The SMILES string of the molecule is Cn1c2c(c3ccc(Br)nc31)CCCCC2. The molecule has 0 bridgehead atoms. The molecule has 2 aromatic heterocycles. The van der Waals surface area contributed by atoms with E-state index in [4.69, 9.17) is 0 Å². The Morgan fingerprint density at radius 1 is 1.19 bits per heavy atom. The van der Waals surface area contributed by atoms with Crippen LogP contribution in [0.15, 0.2) is 16.7 Å². The van der Waals surface area contributed by atoms with Crippen LogP contribution in [0.1, 0.15) is 30.5 Å². The van der Waals surface area contributed by atoms with E-state index in [1.54, 1.807) is 0 Å². The monoisotopic (exact) mass is 278 g/mol. The van der Waals surface area contributed by atoms with Crippen LogP contribution in [0.25, 0.3) is 11.0 Å². The van der Waals surface area contributed by atoms with Crippen molar-refractivity contribution in [3.05, 3.63) is 28.0 Å². The van der Waals surface area contributed by atoms with Crippen molar-refractivity contribution in [3.8, 4) is 0 Å². The van der Waals surface area contributed by atoms with E-state index in [-0.39, 0.29) is 0 Å². The van der Waals surface area contributed by atoms with Crippen molar-refractivity contribution in [2.75, 3.05) is 0 Å². The van der Waals surface area contributed by atoms with Crippen LogP contribution in [-0.4, -0.2) is 9.55 Å². The molecule has 3 rings (SSSR count). The first kappa shape index (κ1) is 10.3. The fraction of sp³-hybridized carbons (Fsp3) is 0.462. The summed E-state index contributed by atoms with van der Waals surface area (Å²) in [5, 5.41) is 1.35. The molecule has 0 saturated heterocycles. The van der Waals surface area contributed by atoms with Crippen LogP contribution in [0, 0.1) is 0 Å². The third-order valence-corrected chi connectivity index (χ3v) is 4.02. The predicted octanol–water partition coefficient (Wildman–Crippen LogP) is 3.60. The zero-order chi connectivity index (χ0) is 11.1. The summed E-state index contributed by atoms with van der Waals surface area (Å²) in [4.78, 5) is 4.59. The van der Waals surface area contributed by atoms with E-state index >= 15 is 0 Å². The highest BCUT2D eigenvalue weighted by Crippen LogP contribution is 2.30. The van der Waals surface area contributed by atoms with Gasteiger partial charge < -0.3 is 4.57 Å². The first-order valence-corrected chi connectivity index (χ1v) is 6.69. The maximum atomic E-state index is 4.59. The molecule has 0 atom stereocenters. The van der Waals surface area contributed by atoms with E-state index < -0.39 is 0 Å². The van der Waals surface area contributed by atoms with Gasteiger partial charge in [0.25, 0.3) is 0 Å². The minimum absolute atomic E-state index is 0.927.